The largest absolute Gasteiger partial charge is 1.00 e. The van der Waals surface area contributed by atoms with Gasteiger partial charge in [0.1, 0.15) is 0 Å². The molecule has 0 saturated carbocycles. The number of aliphatic carboxylic acids is 1. The van der Waals surface area contributed by atoms with E-state index in [4.69, 9.17) is 0 Å². The van der Waals surface area contributed by atoms with Gasteiger partial charge in [-0.3, -0.25) is 0 Å². The summed E-state index contributed by atoms with van der Waals surface area (Å²) in [6, 6.07) is 0. The van der Waals surface area contributed by atoms with Crippen LogP contribution in [0.2, 0.25) is 0 Å². The number of thioether (sulfide) groups is 2. The van der Waals surface area contributed by atoms with Gasteiger partial charge >= 0.3 is 51.4 Å². The third-order valence-corrected chi connectivity index (χ3v) is 2.67. The zero-order valence-corrected chi connectivity index (χ0v) is 11.2. The maximum Gasteiger partial charge on any atom is 1.00 e. The van der Waals surface area contributed by atoms with Crippen molar-refractivity contribution in [2.45, 2.75) is 5.25 Å². The van der Waals surface area contributed by atoms with Crippen LogP contribution in [0.1, 0.15) is 0 Å². The summed E-state index contributed by atoms with van der Waals surface area (Å²) in [5.74, 6) is -0.333. The van der Waals surface area contributed by atoms with Crippen molar-refractivity contribution >= 4 is 29.5 Å². The molecular weight excluding hydrogens is 195 g/mol. The quantitative estimate of drug-likeness (QED) is 0.453. The van der Waals surface area contributed by atoms with Gasteiger partial charge in [0.2, 0.25) is 0 Å². The Bertz CT molecular complexity index is 99.6. The normalized spacial score (nSPS) is 11.8. The van der Waals surface area contributed by atoms with Crippen molar-refractivity contribution in [2.24, 2.45) is 0 Å². The van der Waals surface area contributed by atoms with Crippen LogP contribution in [0.3, 0.4) is 0 Å². The molecular formula is C5H9KO2S2. The van der Waals surface area contributed by atoms with Gasteiger partial charge in [-0.15, -0.1) is 0 Å². The van der Waals surface area contributed by atoms with E-state index in [2.05, 4.69) is 0 Å². The van der Waals surface area contributed by atoms with Crippen molar-refractivity contribution in [3.05, 3.63) is 0 Å². The fraction of sp³-hybridized carbons (Fsp3) is 0.800. The van der Waals surface area contributed by atoms with Crippen LogP contribution in [0.15, 0.2) is 0 Å². The van der Waals surface area contributed by atoms with Gasteiger partial charge in [0, 0.05) is 5.75 Å². The standard InChI is InChI=1S/C5H10O2S2.K/c1-8-3-4(9-2)5(6)7;/h4H,3H2,1-2H3,(H,6,7);/q;+1/p-1. The number of carboxylic acid groups (broad SMARTS) is 1. The van der Waals surface area contributed by atoms with Crippen molar-refractivity contribution in [1.82, 2.24) is 0 Å². The molecule has 0 saturated heterocycles. The summed E-state index contributed by atoms with van der Waals surface area (Å²) < 4.78 is 0. The number of rotatable bonds is 4. The second-order valence-corrected chi connectivity index (χ2v) is 3.45. The van der Waals surface area contributed by atoms with Crippen LogP contribution in [-0.2, 0) is 4.79 Å². The van der Waals surface area contributed by atoms with Crippen LogP contribution in [-0.4, -0.2) is 29.5 Å². The van der Waals surface area contributed by atoms with Crippen molar-refractivity contribution in [3.8, 4) is 0 Å². The number of hydrogen-bond donors (Lipinski definition) is 0. The Morgan fingerprint density at radius 1 is 1.60 bits per heavy atom. The zero-order valence-electron chi connectivity index (χ0n) is 6.42. The van der Waals surface area contributed by atoms with E-state index in [9.17, 15) is 9.90 Å². The Labute approximate surface area is 112 Å². The predicted octanol–water partition coefficient (Wildman–Crippen LogP) is -3.17. The fourth-order valence-corrected chi connectivity index (χ4v) is 1.97. The third kappa shape index (κ3) is 6.51. The van der Waals surface area contributed by atoms with Crippen LogP contribution in [0.5, 0.6) is 0 Å². The molecule has 0 aliphatic heterocycles. The van der Waals surface area contributed by atoms with Gasteiger partial charge < -0.3 is 9.90 Å². The molecule has 0 fully saturated rings. The van der Waals surface area contributed by atoms with E-state index in [-0.39, 0.29) is 56.6 Å². The van der Waals surface area contributed by atoms with Crippen LogP contribution in [0.4, 0.5) is 0 Å². The maximum absolute atomic E-state index is 10.2. The van der Waals surface area contributed by atoms with Gasteiger partial charge in [-0.25, -0.2) is 0 Å². The van der Waals surface area contributed by atoms with Crippen molar-refractivity contribution in [2.75, 3.05) is 18.3 Å². The van der Waals surface area contributed by atoms with Crippen molar-refractivity contribution < 1.29 is 61.3 Å². The summed E-state index contributed by atoms with van der Waals surface area (Å²) in [6.07, 6.45) is 3.66. The minimum atomic E-state index is -0.961. The molecule has 0 spiro atoms. The Morgan fingerprint density at radius 3 is 2.20 bits per heavy atom. The van der Waals surface area contributed by atoms with Gasteiger partial charge in [0.25, 0.3) is 0 Å². The summed E-state index contributed by atoms with van der Waals surface area (Å²) in [6.45, 7) is 0. The van der Waals surface area contributed by atoms with Gasteiger partial charge in [-0.2, -0.15) is 23.5 Å². The summed E-state index contributed by atoms with van der Waals surface area (Å²) in [7, 11) is 0. The summed E-state index contributed by atoms with van der Waals surface area (Å²) >= 11 is 2.84. The van der Waals surface area contributed by atoms with E-state index in [1.165, 1.54) is 23.5 Å². The minimum Gasteiger partial charge on any atom is -0.549 e. The van der Waals surface area contributed by atoms with E-state index < -0.39 is 5.97 Å². The molecule has 10 heavy (non-hydrogen) atoms. The van der Waals surface area contributed by atoms with Crippen LogP contribution < -0.4 is 56.5 Å². The number of carboxylic acids is 1. The predicted molar refractivity (Wildman–Crippen MR) is 40.7 cm³/mol. The first-order valence-corrected chi connectivity index (χ1v) is 5.13. The van der Waals surface area contributed by atoms with Gasteiger partial charge in [-0.05, 0) is 12.5 Å². The Hall–Kier alpha value is 1.81. The molecule has 1 atom stereocenters. The first-order valence-electron chi connectivity index (χ1n) is 2.45. The molecule has 0 aromatic heterocycles. The molecule has 1 unspecified atom stereocenters. The van der Waals surface area contributed by atoms with E-state index in [0.717, 1.165) is 0 Å². The summed E-state index contributed by atoms with van der Waals surface area (Å²) in [5, 5.41) is 9.83. The summed E-state index contributed by atoms with van der Waals surface area (Å²) in [4.78, 5) is 10.2. The molecule has 0 aliphatic carbocycles. The summed E-state index contributed by atoms with van der Waals surface area (Å²) in [5.41, 5.74) is 0. The smallest absolute Gasteiger partial charge is 0.549 e. The minimum absolute atomic E-state index is 0. The van der Waals surface area contributed by atoms with E-state index in [1.807, 2.05) is 6.26 Å². The van der Waals surface area contributed by atoms with Crippen molar-refractivity contribution in [1.29, 1.82) is 0 Å². The molecule has 0 bridgehead atoms. The monoisotopic (exact) mass is 204 g/mol. The van der Waals surface area contributed by atoms with Crippen LogP contribution >= 0.6 is 23.5 Å². The van der Waals surface area contributed by atoms with Gasteiger partial charge in [-0.1, -0.05) is 0 Å². The van der Waals surface area contributed by atoms with Gasteiger partial charge in [0.05, 0.1) is 11.2 Å². The van der Waals surface area contributed by atoms with Crippen LogP contribution in [0.25, 0.3) is 0 Å². The molecule has 0 aromatic carbocycles. The Morgan fingerprint density at radius 2 is 2.10 bits per heavy atom. The maximum atomic E-state index is 10.2. The number of hydrogen-bond acceptors (Lipinski definition) is 4. The number of carbonyl (C=O) groups is 1. The zero-order chi connectivity index (χ0) is 7.28. The van der Waals surface area contributed by atoms with Crippen molar-refractivity contribution in [3.63, 3.8) is 0 Å². The first-order chi connectivity index (χ1) is 4.22. The molecule has 0 aromatic rings. The average Bonchev–Trinajstić information content (AvgIpc) is 1.82. The number of carbonyl (C=O) groups excluding carboxylic acids is 1. The van der Waals surface area contributed by atoms with Crippen LogP contribution in [0, 0.1) is 0 Å². The second kappa shape index (κ2) is 8.90. The Kier molecular flexibility index (Phi) is 12.8. The van der Waals surface area contributed by atoms with E-state index in [0.29, 0.717) is 5.75 Å². The molecule has 0 radical (unpaired) electrons. The first kappa shape index (κ1) is 14.3. The molecule has 0 aliphatic rings. The average molecular weight is 204 g/mol. The second-order valence-electron chi connectivity index (χ2n) is 1.50. The molecule has 54 valence electrons. The molecule has 0 N–H and O–H groups in total. The van der Waals surface area contributed by atoms with Gasteiger partial charge in [0.15, 0.2) is 0 Å². The molecule has 5 heteroatoms. The fourth-order valence-electron chi connectivity index (χ4n) is 0.384. The molecule has 0 heterocycles. The molecule has 0 rings (SSSR count). The molecule has 2 nitrogen and oxygen atoms in total. The SMILES string of the molecule is CSCC(SC)C(=O)[O-].[K+]. The van der Waals surface area contributed by atoms with E-state index >= 15 is 0 Å². The topological polar surface area (TPSA) is 40.1 Å². The van der Waals surface area contributed by atoms with E-state index in [1.54, 1.807) is 6.26 Å². The third-order valence-electron chi connectivity index (χ3n) is 0.865. The Balaban J connectivity index is 0. The molecule has 0 amide bonds.